The van der Waals surface area contributed by atoms with Crippen molar-refractivity contribution >= 4 is 34.6 Å². The number of H-pyrrole nitrogens is 1. The predicted molar refractivity (Wildman–Crippen MR) is 120 cm³/mol. The fourth-order valence-electron chi connectivity index (χ4n) is 4.04. The van der Waals surface area contributed by atoms with Gasteiger partial charge in [-0.2, -0.15) is 0 Å². The number of aliphatic hydroxyl groups is 2. The lowest BCUT2D eigenvalue weighted by molar-refractivity contribution is -0.149. The van der Waals surface area contributed by atoms with E-state index in [2.05, 4.69) is 15.6 Å². The topological polar surface area (TPSA) is 198 Å². The minimum absolute atomic E-state index is 0.0552. The molecule has 8 N–H and O–H groups in total. The molecule has 1 aliphatic heterocycles. The number of amides is 3. The van der Waals surface area contributed by atoms with Gasteiger partial charge in [0.1, 0.15) is 24.2 Å². The van der Waals surface area contributed by atoms with E-state index >= 15 is 0 Å². The SMILES string of the molecule is NC(CO)C(=O)NC(CO)C(=O)NC(Cc1c[nH]c2ccccc12)C(=O)N1CCCC1C(=O)O. The number of rotatable bonds is 10. The number of carboxylic acid groups (broad SMARTS) is 1. The lowest BCUT2D eigenvalue weighted by Gasteiger charge is -2.28. The number of nitrogens with two attached hydrogens (primary N) is 1. The van der Waals surface area contributed by atoms with Gasteiger partial charge in [-0.25, -0.2) is 4.79 Å². The number of aliphatic hydroxyl groups excluding tert-OH is 2. The lowest BCUT2D eigenvalue weighted by atomic mass is 10.0. The molecule has 12 nitrogen and oxygen atoms in total. The van der Waals surface area contributed by atoms with Crippen LogP contribution in [-0.2, 0) is 25.6 Å². The highest BCUT2D eigenvalue weighted by Gasteiger charge is 2.38. The van der Waals surface area contributed by atoms with Crippen LogP contribution in [0.2, 0.25) is 0 Å². The average Bonchev–Trinajstić information content (AvgIpc) is 3.48. The molecule has 2 heterocycles. The largest absolute Gasteiger partial charge is 0.480 e. The molecule has 2 aromatic rings. The number of benzene rings is 1. The fraction of sp³-hybridized carbons (Fsp3) is 0.455. The fourth-order valence-corrected chi connectivity index (χ4v) is 4.04. The van der Waals surface area contributed by atoms with E-state index in [1.807, 2.05) is 24.3 Å². The quantitative estimate of drug-likeness (QED) is 0.206. The van der Waals surface area contributed by atoms with Gasteiger partial charge in [-0.3, -0.25) is 14.4 Å². The molecule has 0 radical (unpaired) electrons. The number of carboxylic acids is 1. The van der Waals surface area contributed by atoms with Crippen LogP contribution >= 0.6 is 0 Å². The highest BCUT2D eigenvalue weighted by Crippen LogP contribution is 2.22. The van der Waals surface area contributed by atoms with Crippen molar-refractivity contribution in [3.05, 3.63) is 36.0 Å². The molecular formula is C22H29N5O7. The number of fused-ring (bicyclic) bond motifs is 1. The molecule has 3 rings (SSSR count). The number of carbonyl (C=O) groups is 4. The van der Waals surface area contributed by atoms with Crippen molar-refractivity contribution in [2.45, 2.75) is 43.4 Å². The molecule has 1 aromatic carbocycles. The summed E-state index contributed by atoms with van der Waals surface area (Å²) in [6.07, 6.45) is 2.59. The van der Waals surface area contributed by atoms with E-state index in [1.54, 1.807) is 6.20 Å². The lowest BCUT2D eigenvalue weighted by Crippen LogP contribution is -2.58. The number of carbonyl (C=O) groups excluding carboxylic acids is 3. The van der Waals surface area contributed by atoms with Crippen molar-refractivity contribution in [2.24, 2.45) is 5.73 Å². The molecule has 4 atom stereocenters. The Kier molecular flexibility index (Phi) is 8.21. The monoisotopic (exact) mass is 475 g/mol. The Balaban J connectivity index is 1.84. The molecule has 34 heavy (non-hydrogen) atoms. The number of hydrogen-bond donors (Lipinski definition) is 7. The number of nitrogens with one attached hydrogen (secondary N) is 3. The molecule has 3 amide bonds. The Bertz CT molecular complexity index is 1060. The Morgan fingerprint density at radius 1 is 1.09 bits per heavy atom. The summed E-state index contributed by atoms with van der Waals surface area (Å²) in [5, 5.41) is 33.8. The number of aromatic nitrogens is 1. The van der Waals surface area contributed by atoms with Crippen LogP contribution in [0.4, 0.5) is 0 Å². The zero-order chi connectivity index (χ0) is 24.8. The van der Waals surface area contributed by atoms with E-state index < -0.39 is 61.1 Å². The van der Waals surface area contributed by atoms with Gasteiger partial charge in [-0.15, -0.1) is 0 Å². The van der Waals surface area contributed by atoms with E-state index in [9.17, 15) is 29.4 Å². The molecule has 184 valence electrons. The van der Waals surface area contributed by atoms with E-state index in [0.717, 1.165) is 16.5 Å². The van der Waals surface area contributed by atoms with Gasteiger partial charge in [0.05, 0.1) is 13.2 Å². The van der Waals surface area contributed by atoms with Crippen LogP contribution in [-0.4, -0.2) is 92.8 Å². The molecule has 12 heteroatoms. The van der Waals surface area contributed by atoms with E-state index in [-0.39, 0.29) is 13.0 Å². The highest BCUT2D eigenvalue weighted by atomic mass is 16.4. The molecule has 1 saturated heterocycles. The summed E-state index contributed by atoms with van der Waals surface area (Å²) >= 11 is 0. The molecule has 0 saturated carbocycles. The summed E-state index contributed by atoms with van der Waals surface area (Å²) in [4.78, 5) is 54.2. The van der Waals surface area contributed by atoms with Crippen molar-refractivity contribution in [1.29, 1.82) is 0 Å². The molecular weight excluding hydrogens is 446 g/mol. The van der Waals surface area contributed by atoms with Crippen LogP contribution in [0.3, 0.4) is 0 Å². The van der Waals surface area contributed by atoms with Crippen LogP contribution in [0.1, 0.15) is 18.4 Å². The van der Waals surface area contributed by atoms with Gasteiger partial charge < -0.3 is 41.6 Å². The van der Waals surface area contributed by atoms with E-state index in [0.29, 0.717) is 12.8 Å². The van der Waals surface area contributed by atoms with Gasteiger partial charge in [0.15, 0.2) is 0 Å². The second-order valence-corrected chi connectivity index (χ2v) is 8.19. The van der Waals surface area contributed by atoms with Crippen molar-refractivity contribution < 1.29 is 34.5 Å². The number of aliphatic carboxylic acids is 1. The number of para-hydroxylation sites is 1. The minimum atomic E-state index is -1.42. The summed E-state index contributed by atoms with van der Waals surface area (Å²) in [6, 6.07) is 2.54. The van der Waals surface area contributed by atoms with Crippen molar-refractivity contribution in [3.8, 4) is 0 Å². The van der Waals surface area contributed by atoms with E-state index in [1.165, 1.54) is 4.90 Å². The van der Waals surface area contributed by atoms with Crippen molar-refractivity contribution in [2.75, 3.05) is 19.8 Å². The zero-order valence-corrected chi connectivity index (χ0v) is 18.4. The summed E-state index contributed by atoms with van der Waals surface area (Å²) < 4.78 is 0. The van der Waals surface area contributed by atoms with Crippen molar-refractivity contribution in [1.82, 2.24) is 20.5 Å². The van der Waals surface area contributed by atoms with Crippen LogP contribution < -0.4 is 16.4 Å². The Hall–Kier alpha value is -3.48. The summed E-state index contributed by atoms with van der Waals surface area (Å²) in [6.45, 7) is -1.19. The maximum atomic E-state index is 13.4. The van der Waals surface area contributed by atoms with Crippen LogP contribution in [0.5, 0.6) is 0 Å². The first-order valence-corrected chi connectivity index (χ1v) is 10.9. The van der Waals surface area contributed by atoms with Crippen LogP contribution in [0.25, 0.3) is 10.9 Å². The van der Waals surface area contributed by atoms with E-state index in [4.69, 9.17) is 10.8 Å². The number of aromatic amines is 1. The molecule has 1 aromatic heterocycles. The Morgan fingerprint density at radius 3 is 2.47 bits per heavy atom. The third-order valence-electron chi connectivity index (χ3n) is 5.88. The first-order valence-electron chi connectivity index (χ1n) is 10.9. The smallest absolute Gasteiger partial charge is 0.326 e. The van der Waals surface area contributed by atoms with Gasteiger partial charge in [-0.05, 0) is 24.5 Å². The molecule has 1 aliphatic rings. The highest BCUT2D eigenvalue weighted by molar-refractivity contribution is 5.95. The van der Waals surface area contributed by atoms with Gasteiger partial charge in [-0.1, -0.05) is 18.2 Å². The molecule has 1 fully saturated rings. The Labute approximate surface area is 195 Å². The van der Waals surface area contributed by atoms with Crippen LogP contribution in [0, 0.1) is 0 Å². The van der Waals surface area contributed by atoms with Gasteiger partial charge >= 0.3 is 5.97 Å². The third-order valence-corrected chi connectivity index (χ3v) is 5.88. The predicted octanol–water partition coefficient (Wildman–Crippen LogP) is -1.93. The maximum absolute atomic E-state index is 13.4. The average molecular weight is 476 g/mol. The first-order chi connectivity index (χ1) is 16.3. The standard InChI is InChI=1S/C22H29N5O7/c23-14(10-28)19(30)26-17(11-29)20(31)25-16(21(32)27-7-3-6-18(27)22(33)34)8-12-9-24-15-5-2-1-4-13(12)15/h1-2,4-5,9,14,16-18,24,28-29H,3,6-8,10-11,23H2,(H,25,31)(H,26,30)(H,33,34). The minimum Gasteiger partial charge on any atom is -0.480 e. The molecule has 0 aliphatic carbocycles. The summed E-state index contributed by atoms with van der Waals surface area (Å²) in [5.74, 6) is -3.38. The zero-order valence-electron chi connectivity index (χ0n) is 18.4. The van der Waals surface area contributed by atoms with Crippen LogP contribution in [0.15, 0.2) is 30.5 Å². The first kappa shape index (κ1) is 25.1. The summed E-state index contributed by atoms with van der Waals surface area (Å²) in [7, 11) is 0. The van der Waals surface area contributed by atoms with Gasteiger partial charge in [0, 0.05) is 30.1 Å². The van der Waals surface area contributed by atoms with Gasteiger partial charge in [0.25, 0.3) is 0 Å². The second kappa shape index (κ2) is 11.1. The molecule has 0 bridgehead atoms. The third kappa shape index (κ3) is 5.53. The molecule has 4 unspecified atom stereocenters. The second-order valence-electron chi connectivity index (χ2n) is 8.19. The van der Waals surface area contributed by atoms with Gasteiger partial charge in [0.2, 0.25) is 17.7 Å². The summed E-state index contributed by atoms with van der Waals surface area (Å²) in [5.41, 5.74) is 7.00. The maximum Gasteiger partial charge on any atom is 0.326 e. The van der Waals surface area contributed by atoms with Crippen molar-refractivity contribution in [3.63, 3.8) is 0 Å². The number of nitrogens with zero attached hydrogens (tertiary/aromatic N) is 1. The molecule has 0 spiro atoms. The number of likely N-dealkylation sites (tertiary alicyclic amines) is 1. The Morgan fingerprint density at radius 2 is 1.79 bits per heavy atom. The number of hydrogen-bond acceptors (Lipinski definition) is 7. The normalized spacial score (nSPS) is 18.3.